The largest absolute Gasteiger partial charge is 0.338 e. The molecule has 2 aromatic rings. The van der Waals surface area contributed by atoms with Crippen LogP contribution >= 0.6 is 0 Å². The average Bonchev–Trinajstić information content (AvgIpc) is 3.19. The fourth-order valence-corrected chi connectivity index (χ4v) is 5.22. The Morgan fingerprint density at radius 3 is 2.34 bits per heavy atom. The molecule has 1 heterocycles. The second-order valence-corrected chi connectivity index (χ2v) is 9.08. The summed E-state index contributed by atoms with van der Waals surface area (Å²) in [4.78, 5) is 17.8. The van der Waals surface area contributed by atoms with Crippen molar-refractivity contribution in [3.05, 3.63) is 71.3 Å². The number of hydrogen-bond acceptors (Lipinski definition) is 2. The van der Waals surface area contributed by atoms with Gasteiger partial charge in [-0.1, -0.05) is 67.3 Å². The summed E-state index contributed by atoms with van der Waals surface area (Å²) in [5, 5.41) is 0. The summed E-state index contributed by atoms with van der Waals surface area (Å²) < 4.78 is 0. The Kier molecular flexibility index (Phi) is 6.34. The van der Waals surface area contributed by atoms with Gasteiger partial charge in [0, 0.05) is 37.2 Å². The molecule has 0 N–H and O–H groups in total. The standard InChI is InChI=1S/C26H34N2O/c1-20-13-15-22(16-14-20)26(29)28-18-23(17-27(2)24-11-7-4-8-12-24)25(19-28)21-9-5-3-6-10-21/h3,5-6,9-10,13-16,23-25H,4,7-8,11-12,17-19H2,1-2H3/t23-,25-/m1/s1. The minimum absolute atomic E-state index is 0.175. The fourth-order valence-electron chi connectivity index (χ4n) is 5.22. The summed E-state index contributed by atoms with van der Waals surface area (Å²) in [6, 6.07) is 19.5. The molecular formula is C26H34N2O. The van der Waals surface area contributed by atoms with Gasteiger partial charge in [0.1, 0.15) is 0 Å². The summed E-state index contributed by atoms with van der Waals surface area (Å²) in [5.74, 6) is 1.07. The monoisotopic (exact) mass is 390 g/mol. The maximum atomic E-state index is 13.2. The third-order valence-electron chi connectivity index (χ3n) is 6.98. The quantitative estimate of drug-likeness (QED) is 0.708. The molecule has 0 bridgehead atoms. The van der Waals surface area contributed by atoms with Crippen molar-refractivity contribution in [2.45, 2.75) is 51.0 Å². The lowest BCUT2D eigenvalue weighted by atomic mass is 9.87. The molecule has 1 saturated carbocycles. The number of hydrogen-bond donors (Lipinski definition) is 0. The minimum atomic E-state index is 0.175. The number of aryl methyl sites for hydroxylation is 1. The third kappa shape index (κ3) is 4.72. The van der Waals surface area contributed by atoms with E-state index in [1.807, 2.05) is 24.3 Å². The number of nitrogens with zero attached hydrogens (tertiary/aromatic N) is 2. The predicted molar refractivity (Wildman–Crippen MR) is 119 cm³/mol. The zero-order chi connectivity index (χ0) is 20.2. The van der Waals surface area contributed by atoms with Gasteiger partial charge in [-0.15, -0.1) is 0 Å². The van der Waals surface area contributed by atoms with Crippen LogP contribution < -0.4 is 0 Å². The number of carbonyl (C=O) groups excluding carboxylic acids is 1. The summed E-state index contributed by atoms with van der Waals surface area (Å²) >= 11 is 0. The van der Waals surface area contributed by atoms with E-state index in [0.717, 1.165) is 25.2 Å². The average molecular weight is 391 g/mol. The second-order valence-electron chi connectivity index (χ2n) is 9.08. The molecule has 2 aromatic carbocycles. The zero-order valence-corrected chi connectivity index (χ0v) is 17.9. The first-order valence-electron chi connectivity index (χ1n) is 11.2. The Labute approximate surface area is 175 Å². The molecule has 0 spiro atoms. The van der Waals surface area contributed by atoms with Crippen molar-refractivity contribution in [1.29, 1.82) is 0 Å². The molecule has 3 heteroatoms. The van der Waals surface area contributed by atoms with Crippen LogP contribution in [-0.4, -0.2) is 48.4 Å². The van der Waals surface area contributed by atoms with Gasteiger partial charge >= 0.3 is 0 Å². The number of benzene rings is 2. The van der Waals surface area contributed by atoms with Crippen LogP contribution in [0.3, 0.4) is 0 Å². The van der Waals surface area contributed by atoms with Gasteiger partial charge < -0.3 is 9.80 Å². The van der Waals surface area contributed by atoms with Crippen LogP contribution in [0.1, 0.15) is 59.5 Å². The van der Waals surface area contributed by atoms with E-state index < -0.39 is 0 Å². The maximum Gasteiger partial charge on any atom is 0.253 e. The second kappa shape index (κ2) is 9.13. The summed E-state index contributed by atoms with van der Waals surface area (Å²) in [7, 11) is 2.29. The molecule has 0 unspecified atom stereocenters. The summed E-state index contributed by atoms with van der Waals surface area (Å²) in [6.07, 6.45) is 6.76. The van der Waals surface area contributed by atoms with E-state index in [1.54, 1.807) is 0 Å². The highest BCUT2D eigenvalue weighted by Gasteiger charge is 2.37. The number of carbonyl (C=O) groups is 1. The van der Waals surface area contributed by atoms with E-state index in [4.69, 9.17) is 0 Å². The Balaban J connectivity index is 1.51. The van der Waals surface area contributed by atoms with Crippen molar-refractivity contribution in [3.8, 4) is 0 Å². The van der Waals surface area contributed by atoms with Crippen molar-refractivity contribution in [2.75, 3.05) is 26.7 Å². The molecule has 1 amide bonds. The van der Waals surface area contributed by atoms with Crippen LogP contribution in [0.2, 0.25) is 0 Å². The van der Waals surface area contributed by atoms with Crippen LogP contribution in [0.5, 0.6) is 0 Å². The normalized spacial score (nSPS) is 22.9. The van der Waals surface area contributed by atoms with Gasteiger partial charge in [-0.3, -0.25) is 4.79 Å². The van der Waals surface area contributed by atoms with Crippen LogP contribution in [0.25, 0.3) is 0 Å². The van der Waals surface area contributed by atoms with Crippen molar-refractivity contribution < 1.29 is 4.79 Å². The number of amides is 1. The van der Waals surface area contributed by atoms with Crippen LogP contribution in [0, 0.1) is 12.8 Å². The maximum absolute atomic E-state index is 13.2. The highest BCUT2D eigenvalue weighted by Crippen LogP contribution is 2.35. The van der Waals surface area contributed by atoms with E-state index >= 15 is 0 Å². The molecule has 0 radical (unpaired) electrons. The van der Waals surface area contributed by atoms with E-state index in [1.165, 1.54) is 43.2 Å². The van der Waals surface area contributed by atoms with Gasteiger partial charge in [-0.25, -0.2) is 0 Å². The molecule has 0 aromatic heterocycles. The molecule has 154 valence electrons. The Morgan fingerprint density at radius 2 is 1.66 bits per heavy atom. The van der Waals surface area contributed by atoms with Gasteiger partial charge in [-0.05, 0) is 50.4 Å². The number of likely N-dealkylation sites (tertiary alicyclic amines) is 1. The molecular weight excluding hydrogens is 356 g/mol. The lowest BCUT2D eigenvalue weighted by Crippen LogP contribution is -2.38. The van der Waals surface area contributed by atoms with Gasteiger partial charge in [0.25, 0.3) is 5.91 Å². The lowest BCUT2D eigenvalue weighted by molar-refractivity contribution is 0.0780. The van der Waals surface area contributed by atoms with Gasteiger partial charge in [0.15, 0.2) is 0 Å². The van der Waals surface area contributed by atoms with Crippen molar-refractivity contribution in [3.63, 3.8) is 0 Å². The van der Waals surface area contributed by atoms with E-state index in [9.17, 15) is 4.79 Å². The molecule has 2 aliphatic rings. The summed E-state index contributed by atoms with van der Waals surface area (Å²) in [6.45, 7) is 4.80. The lowest BCUT2D eigenvalue weighted by Gasteiger charge is -2.34. The SMILES string of the molecule is Cc1ccc(C(=O)N2C[C@@H](CN(C)C3CCCCC3)[C@@H](c3ccccc3)C2)cc1. The van der Waals surface area contributed by atoms with E-state index in [-0.39, 0.29) is 5.91 Å². The first-order chi connectivity index (χ1) is 14.1. The fraction of sp³-hybridized carbons (Fsp3) is 0.500. The molecule has 2 atom stereocenters. The smallest absolute Gasteiger partial charge is 0.253 e. The molecule has 1 aliphatic heterocycles. The molecule has 1 aliphatic carbocycles. The topological polar surface area (TPSA) is 23.6 Å². The van der Waals surface area contributed by atoms with Crippen molar-refractivity contribution in [1.82, 2.24) is 9.80 Å². The summed E-state index contributed by atoms with van der Waals surface area (Å²) in [5.41, 5.74) is 3.37. The Hall–Kier alpha value is -2.13. The van der Waals surface area contributed by atoms with Gasteiger partial charge in [-0.2, -0.15) is 0 Å². The van der Waals surface area contributed by atoms with Crippen LogP contribution in [0.4, 0.5) is 0 Å². The zero-order valence-electron chi connectivity index (χ0n) is 17.9. The highest BCUT2D eigenvalue weighted by molar-refractivity contribution is 5.94. The first kappa shape index (κ1) is 20.2. The van der Waals surface area contributed by atoms with Crippen molar-refractivity contribution >= 4 is 5.91 Å². The molecule has 4 rings (SSSR count). The predicted octanol–water partition coefficient (Wildman–Crippen LogP) is 5.12. The van der Waals surface area contributed by atoms with Crippen LogP contribution in [0.15, 0.2) is 54.6 Å². The molecule has 1 saturated heterocycles. The van der Waals surface area contributed by atoms with Crippen molar-refractivity contribution in [2.24, 2.45) is 5.92 Å². The van der Waals surface area contributed by atoms with Gasteiger partial charge in [0.05, 0.1) is 0 Å². The Morgan fingerprint density at radius 1 is 0.966 bits per heavy atom. The van der Waals surface area contributed by atoms with E-state index in [2.05, 4.69) is 54.1 Å². The highest BCUT2D eigenvalue weighted by atomic mass is 16.2. The third-order valence-corrected chi connectivity index (χ3v) is 6.98. The molecule has 3 nitrogen and oxygen atoms in total. The van der Waals surface area contributed by atoms with Gasteiger partial charge in [0.2, 0.25) is 0 Å². The van der Waals surface area contributed by atoms with Crippen LogP contribution in [-0.2, 0) is 0 Å². The number of rotatable bonds is 5. The minimum Gasteiger partial charge on any atom is -0.338 e. The van der Waals surface area contributed by atoms with E-state index in [0.29, 0.717) is 17.9 Å². The molecule has 2 fully saturated rings. The first-order valence-corrected chi connectivity index (χ1v) is 11.2. The molecule has 29 heavy (non-hydrogen) atoms. The Bertz CT molecular complexity index is 795.